The number of hydrogen-bond donors (Lipinski definition) is 0. The topological polar surface area (TPSA) is 89.5 Å². The number of esters is 1. The summed E-state index contributed by atoms with van der Waals surface area (Å²) < 4.78 is 35.5. The summed E-state index contributed by atoms with van der Waals surface area (Å²) in [4.78, 5) is 24.4. The van der Waals surface area contributed by atoms with Crippen LogP contribution in [-0.2, 0) is 27.4 Å². The number of benzene rings is 3. The van der Waals surface area contributed by atoms with E-state index in [-0.39, 0.29) is 42.1 Å². The number of methoxy groups -OCH3 is 2. The maximum absolute atomic E-state index is 12.8. The Morgan fingerprint density at radius 1 is 1.03 bits per heavy atom. The maximum Gasteiger partial charge on any atom is 0.345 e. The van der Waals surface area contributed by atoms with Crippen LogP contribution >= 0.6 is 15.9 Å². The summed E-state index contributed by atoms with van der Waals surface area (Å²) in [6.07, 6.45) is 3.13. The molecule has 3 aromatic carbocycles. The van der Waals surface area contributed by atoms with Crippen LogP contribution in [0.25, 0.3) is 0 Å². The Morgan fingerprint density at radius 2 is 1.84 bits per heavy atom. The van der Waals surface area contributed by atoms with Gasteiger partial charge in [-0.2, -0.15) is 0 Å². The van der Waals surface area contributed by atoms with E-state index < -0.39 is 5.97 Å². The fraction of sp³-hybridized carbons (Fsp3) is 0.310. The van der Waals surface area contributed by atoms with Gasteiger partial charge in [-0.1, -0.05) is 46.3 Å². The van der Waals surface area contributed by atoms with Gasteiger partial charge in [0.15, 0.2) is 24.1 Å². The molecule has 0 spiro atoms. The van der Waals surface area contributed by atoms with E-state index in [1.54, 1.807) is 6.07 Å². The zero-order valence-electron chi connectivity index (χ0n) is 21.2. The van der Waals surface area contributed by atoms with Gasteiger partial charge in [-0.05, 0) is 49.1 Å². The molecule has 1 atom stereocenters. The number of ether oxygens (including phenoxy) is 6. The fourth-order valence-electron chi connectivity index (χ4n) is 4.10. The number of carbonyl (C=O) groups excluding carboxylic acids is 2. The monoisotopic (exact) mass is 584 g/mol. The number of rotatable bonds is 11. The fourth-order valence-corrected chi connectivity index (χ4v) is 4.58. The van der Waals surface area contributed by atoms with Gasteiger partial charge in [0, 0.05) is 16.6 Å². The molecule has 0 amide bonds. The summed E-state index contributed by atoms with van der Waals surface area (Å²) in [5.74, 6) is 0.271. The summed E-state index contributed by atoms with van der Waals surface area (Å²) in [6, 6.07) is 16.4. The minimum Gasteiger partial charge on any atom is -0.495 e. The second-order valence-electron chi connectivity index (χ2n) is 8.55. The maximum atomic E-state index is 12.8. The lowest BCUT2D eigenvalue weighted by Gasteiger charge is -2.24. The molecule has 0 aliphatic carbocycles. The minimum atomic E-state index is -0.710. The van der Waals surface area contributed by atoms with Crippen LogP contribution in [0.5, 0.6) is 23.0 Å². The van der Waals surface area contributed by atoms with Crippen LogP contribution in [0.15, 0.2) is 59.1 Å². The molecule has 1 unspecified atom stereocenters. The second kappa shape index (κ2) is 13.4. The predicted octanol–water partition coefficient (Wildman–Crippen LogP) is 6.47. The molecule has 1 saturated heterocycles. The van der Waals surface area contributed by atoms with Gasteiger partial charge in [-0.3, -0.25) is 4.79 Å². The van der Waals surface area contributed by atoms with E-state index in [0.717, 1.165) is 29.3 Å². The van der Waals surface area contributed by atoms with E-state index in [1.165, 1.54) is 26.4 Å². The summed E-state index contributed by atoms with van der Waals surface area (Å²) in [6.45, 7) is 1.12. The minimum absolute atomic E-state index is 0.0148. The number of carbonyl (C=O) groups is 2. The molecule has 0 saturated carbocycles. The van der Waals surface area contributed by atoms with Crippen molar-refractivity contribution in [3.05, 3.63) is 81.3 Å². The highest BCUT2D eigenvalue weighted by Gasteiger charge is 2.26. The Hall–Kier alpha value is -3.40. The molecule has 8 nitrogen and oxygen atoms in total. The molecule has 9 heteroatoms. The molecule has 0 bridgehead atoms. The van der Waals surface area contributed by atoms with E-state index in [2.05, 4.69) is 15.9 Å². The average molecular weight is 585 g/mol. The zero-order valence-corrected chi connectivity index (χ0v) is 22.8. The molecule has 200 valence electrons. The van der Waals surface area contributed by atoms with Crippen LogP contribution in [0.2, 0.25) is 0 Å². The largest absolute Gasteiger partial charge is 0.495 e. The van der Waals surface area contributed by atoms with E-state index in [9.17, 15) is 9.59 Å². The lowest BCUT2D eigenvalue weighted by Crippen LogP contribution is -2.22. The molecule has 1 fully saturated rings. The van der Waals surface area contributed by atoms with Crippen molar-refractivity contribution in [2.75, 3.05) is 20.8 Å². The molecule has 1 aliphatic rings. The van der Waals surface area contributed by atoms with Crippen molar-refractivity contribution in [1.29, 1.82) is 0 Å². The van der Waals surface area contributed by atoms with Crippen molar-refractivity contribution < 1.29 is 38.0 Å². The summed E-state index contributed by atoms with van der Waals surface area (Å²) >= 11 is 3.56. The number of aldehydes is 1. The first-order chi connectivity index (χ1) is 18.5. The van der Waals surface area contributed by atoms with Gasteiger partial charge in [0.2, 0.25) is 0 Å². The molecule has 4 rings (SSSR count). The Bertz CT molecular complexity index is 1260. The first-order valence-electron chi connectivity index (χ1n) is 12.2. The van der Waals surface area contributed by atoms with E-state index >= 15 is 0 Å². The number of hydrogen-bond acceptors (Lipinski definition) is 8. The van der Waals surface area contributed by atoms with Gasteiger partial charge in [-0.25, -0.2) is 4.79 Å². The molecule has 1 aliphatic heterocycles. The number of halogens is 1. The van der Waals surface area contributed by atoms with Gasteiger partial charge >= 0.3 is 5.97 Å². The molecule has 3 aromatic rings. The van der Waals surface area contributed by atoms with Crippen LogP contribution < -0.4 is 14.2 Å². The molecule has 1 heterocycles. The highest BCUT2D eigenvalue weighted by atomic mass is 79.9. The van der Waals surface area contributed by atoms with Crippen LogP contribution in [0.3, 0.4) is 0 Å². The average Bonchev–Trinajstić information content (AvgIpc) is 2.96. The highest BCUT2D eigenvalue weighted by Crippen LogP contribution is 2.42. The third kappa shape index (κ3) is 6.72. The predicted molar refractivity (Wildman–Crippen MR) is 143 cm³/mol. The summed E-state index contributed by atoms with van der Waals surface area (Å²) in [5.41, 5.74) is 1.82. The van der Waals surface area contributed by atoms with Crippen LogP contribution in [0.4, 0.5) is 0 Å². The first-order valence-corrected chi connectivity index (χ1v) is 13.0. The lowest BCUT2D eigenvalue weighted by atomic mass is 10.1. The smallest absolute Gasteiger partial charge is 0.345 e. The van der Waals surface area contributed by atoms with E-state index in [1.807, 2.05) is 36.4 Å². The molecule has 0 N–H and O–H groups in total. The standard InChI is InChI=1S/C29H29BrO8/c1-33-28-20(16-31)11-12-23(26(28)29(32)34-2)38-27-21(18-37-25-10-6-7-13-35-25)14-22(30)15-24(27)36-17-19-8-4-3-5-9-19/h3-5,8-9,11-12,14-16,25H,6-7,10,13,17-18H2,1-2H3. The zero-order chi connectivity index (χ0) is 26.9. The van der Waals surface area contributed by atoms with E-state index in [0.29, 0.717) is 30.0 Å². The molecule has 38 heavy (non-hydrogen) atoms. The summed E-state index contributed by atoms with van der Waals surface area (Å²) in [5, 5.41) is 0. The van der Waals surface area contributed by atoms with Crippen molar-refractivity contribution in [2.24, 2.45) is 0 Å². The van der Waals surface area contributed by atoms with Crippen molar-refractivity contribution in [3.8, 4) is 23.0 Å². The highest BCUT2D eigenvalue weighted by molar-refractivity contribution is 9.10. The SMILES string of the molecule is COC(=O)c1c(Oc2c(COC3CCCCO3)cc(Br)cc2OCc2ccccc2)ccc(C=O)c1OC. The van der Waals surface area contributed by atoms with Crippen molar-refractivity contribution >= 4 is 28.2 Å². The third-order valence-corrected chi connectivity index (χ3v) is 6.44. The van der Waals surface area contributed by atoms with Gasteiger partial charge in [0.05, 0.1) is 26.4 Å². The first kappa shape index (κ1) is 27.6. The molecular formula is C29H29BrO8. The Kier molecular flexibility index (Phi) is 9.75. The molecule has 0 radical (unpaired) electrons. The lowest BCUT2D eigenvalue weighted by molar-refractivity contribution is -0.169. The van der Waals surface area contributed by atoms with Gasteiger partial charge < -0.3 is 28.4 Å². The third-order valence-electron chi connectivity index (χ3n) is 5.98. The van der Waals surface area contributed by atoms with Gasteiger partial charge in [0.1, 0.15) is 23.7 Å². The van der Waals surface area contributed by atoms with Crippen LogP contribution in [0.1, 0.15) is 51.1 Å². The van der Waals surface area contributed by atoms with E-state index in [4.69, 9.17) is 28.4 Å². The summed E-state index contributed by atoms with van der Waals surface area (Å²) in [7, 11) is 2.62. The van der Waals surface area contributed by atoms with Crippen LogP contribution in [0, 0.1) is 0 Å². The Balaban J connectivity index is 1.74. The Labute approximate surface area is 229 Å². The van der Waals surface area contributed by atoms with Crippen molar-refractivity contribution in [2.45, 2.75) is 38.8 Å². The normalized spacial score (nSPS) is 15.0. The van der Waals surface area contributed by atoms with Crippen molar-refractivity contribution in [3.63, 3.8) is 0 Å². The van der Waals surface area contributed by atoms with Crippen LogP contribution in [-0.4, -0.2) is 39.4 Å². The molecular weight excluding hydrogens is 556 g/mol. The van der Waals surface area contributed by atoms with Gasteiger partial charge in [-0.15, -0.1) is 0 Å². The quantitative estimate of drug-likeness (QED) is 0.187. The Morgan fingerprint density at radius 3 is 2.53 bits per heavy atom. The molecule has 0 aromatic heterocycles. The van der Waals surface area contributed by atoms with Gasteiger partial charge in [0.25, 0.3) is 0 Å². The van der Waals surface area contributed by atoms with Crippen molar-refractivity contribution in [1.82, 2.24) is 0 Å². The second-order valence-corrected chi connectivity index (χ2v) is 9.46.